The summed E-state index contributed by atoms with van der Waals surface area (Å²) in [7, 11) is -0.958. The van der Waals surface area contributed by atoms with Crippen LogP contribution in [0.3, 0.4) is 0 Å². The zero-order valence-corrected chi connectivity index (χ0v) is 23.2. The van der Waals surface area contributed by atoms with Crippen molar-refractivity contribution in [2.75, 3.05) is 27.4 Å². The molecule has 3 atom stereocenters. The van der Waals surface area contributed by atoms with Crippen molar-refractivity contribution in [2.24, 2.45) is 0 Å². The monoisotopic (exact) mass is 547 g/mol. The summed E-state index contributed by atoms with van der Waals surface area (Å²) in [6, 6.07) is 0. The van der Waals surface area contributed by atoms with Crippen LogP contribution < -0.4 is 9.47 Å². The molecule has 0 aliphatic carbocycles. The molecule has 4 rings (SSSR count). The van der Waals surface area contributed by atoms with Crippen molar-refractivity contribution in [3.63, 3.8) is 0 Å². The minimum absolute atomic E-state index is 0.107. The van der Waals surface area contributed by atoms with Crippen LogP contribution in [0.25, 0.3) is 5.69 Å². The number of methoxy groups -OCH3 is 2. The Morgan fingerprint density at radius 1 is 1.05 bits per heavy atom. The minimum Gasteiger partial charge on any atom is -0.479 e. The van der Waals surface area contributed by atoms with Crippen LogP contribution in [0.15, 0.2) is 18.7 Å². The quantitative estimate of drug-likeness (QED) is 0.345. The molecule has 13 nitrogen and oxygen atoms in total. The highest BCUT2D eigenvalue weighted by atomic mass is 32.2. The zero-order chi connectivity index (χ0) is 27.4. The van der Waals surface area contributed by atoms with Crippen LogP contribution in [0.5, 0.6) is 11.8 Å². The Kier molecular flexibility index (Phi) is 8.53. The first-order chi connectivity index (χ1) is 18.2. The molecule has 0 unspecified atom stereocenters. The summed E-state index contributed by atoms with van der Waals surface area (Å²) in [5.41, 5.74) is 1.18. The van der Waals surface area contributed by atoms with E-state index in [0.29, 0.717) is 37.0 Å². The van der Waals surface area contributed by atoms with E-state index in [1.54, 1.807) is 23.9 Å². The Labute approximate surface area is 221 Å². The third-order valence-corrected chi connectivity index (χ3v) is 8.25. The molecule has 3 aromatic heterocycles. The highest BCUT2D eigenvalue weighted by molar-refractivity contribution is 7.91. The van der Waals surface area contributed by atoms with E-state index >= 15 is 0 Å². The van der Waals surface area contributed by atoms with Gasteiger partial charge in [0, 0.05) is 24.9 Å². The first kappa shape index (κ1) is 27.8. The average Bonchev–Trinajstić information content (AvgIpc) is 3.56. The molecular formula is C24H33N7O6S. The van der Waals surface area contributed by atoms with Gasteiger partial charge in [-0.05, 0) is 39.7 Å². The fraction of sp³-hybridized carbons (Fsp3) is 0.583. The third kappa shape index (κ3) is 5.76. The number of sulfone groups is 1. The molecule has 206 valence electrons. The van der Waals surface area contributed by atoms with E-state index in [-0.39, 0.29) is 29.6 Å². The lowest BCUT2D eigenvalue weighted by molar-refractivity contribution is 0.00141. The molecule has 1 aliphatic heterocycles. The molecule has 0 N–H and O–H groups in total. The molecule has 1 saturated heterocycles. The first-order valence-corrected chi connectivity index (χ1v) is 14.0. The molecular weight excluding hydrogens is 514 g/mol. The fourth-order valence-electron chi connectivity index (χ4n) is 4.23. The molecule has 38 heavy (non-hydrogen) atoms. The van der Waals surface area contributed by atoms with Gasteiger partial charge in [-0.1, -0.05) is 0 Å². The maximum Gasteiger partial charge on any atom is 0.245 e. The summed E-state index contributed by atoms with van der Waals surface area (Å²) in [6.45, 7) is 8.10. The topological polar surface area (TPSA) is 153 Å². The van der Waals surface area contributed by atoms with E-state index in [9.17, 15) is 8.42 Å². The number of rotatable bonds is 11. The number of hydrogen-bond donors (Lipinski definition) is 0. The predicted molar refractivity (Wildman–Crippen MR) is 136 cm³/mol. The van der Waals surface area contributed by atoms with Crippen LogP contribution >= 0.6 is 0 Å². The standard InChI is InChI=1S/C24H33N7O6S/c1-14(2)37-20(21-25-9-15(3)10-26-21)16(4)38(32,33)12-18-29-30-22(17-7-8-36-11-17)31(18)19-23(34-5)27-13-28-24(19)35-6/h9-10,13-14,16-17,20H,7-8,11-12H2,1-6H3/t16-,17-,20+/m0/s1. The molecule has 0 saturated carbocycles. The Balaban J connectivity index is 1.78. The summed E-state index contributed by atoms with van der Waals surface area (Å²) in [6.07, 6.45) is 4.14. The van der Waals surface area contributed by atoms with Crippen LogP contribution in [-0.4, -0.2) is 81.9 Å². The summed E-state index contributed by atoms with van der Waals surface area (Å²) >= 11 is 0. The van der Waals surface area contributed by atoms with Crippen molar-refractivity contribution in [1.82, 2.24) is 34.7 Å². The van der Waals surface area contributed by atoms with E-state index in [2.05, 4.69) is 30.1 Å². The molecule has 4 heterocycles. The second kappa shape index (κ2) is 11.7. The second-order valence-corrected chi connectivity index (χ2v) is 11.7. The zero-order valence-electron chi connectivity index (χ0n) is 22.4. The van der Waals surface area contributed by atoms with Crippen molar-refractivity contribution >= 4 is 9.84 Å². The van der Waals surface area contributed by atoms with Gasteiger partial charge in [-0.3, -0.25) is 4.57 Å². The van der Waals surface area contributed by atoms with Crippen LogP contribution in [-0.2, 0) is 25.1 Å². The van der Waals surface area contributed by atoms with Gasteiger partial charge in [-0.25, -0.2) is 18.4 Å². The molecule has 0 radical (unpaired) electrons. The molecule has 0 bridgehead atoms. The SMILES string of the molecule is COc1ncnc(OC)c1-n1c(CS(=O)(=O)[C@@H](C)[C@@H](OC(C)C)c2ncc(C)cn2)nnc1[C@H]1CCOC1. The number of hydrogen-bond acceptors (Lipinski definition) is 12. The third-order valence-electron chi connectivity index (χ3n) is 6.21. The van der Waals surface area contributed by atoms with E-state index in [1.807, 2.05) is 20.8 Å². The van der Waals surface area contributed by atoms with Crippen LogP contribution in [0, 0.1) is 6.92 Å². The number of aromatic nitrogens is 7. The number of nitrogens with zero attached hydrogens (tertiary/aromatic N) is 7. The van der Waals surface area contributed by atoms with Crippen molar-refractivity contribution in [2.45, 2.75) is 63.2 Å². The van der Waals surface area contributed by atoms with Gasteiger partial charge in [0.2, 0.25) is 11.8 Å². The lowest BCUT2D eigenvalue weighted by atomic mass is 10.1. The normalized spacial score (nSPS) is 17.5. The van der Waals surface area contributed by atoms with Gasteiger partial charge in [-0.2, -0.15) is 9.97 Å². The van der Waals surface area contributed by atoms with Gasteiger partial charge in [0.15, 0.2) is 27.2 Å². The highest BCUT2D eigenvalue weighted by Crippen LogP contribution is 2.35. The van der Waals surface area contributed by atoms with Crippen LogP contribution in [0.2, 0.25) is 0 Å². The Hall–Kier alpha value is -3.23. The van der Waals surface area contributed by atoms with Crippen molar-refractivity contribution in [3.05, 3.63) is 41.8 Å². The maximum atomic E-state index is 13.9. The minimum atomic E-state index is -3.88. The molecule has 3 aromatic rings. The summed E-state index contributed by atoms with van der Waals surface area (Å²) in [4.78, 5) is 17.1. The average molecular weight is 548 g/mol. The smallest absolute Gasteiger partial charge is 0.245 e. The molecule has 1 aliphatic rings. The lowest BCUT2D eigenvalue weighted by Gasteiger charge is -2.25. The van der Waals surface area contributed by atoms with Gasteiger partial charge < -0.3 is 18.9 Å². The summed E-state index contributed by atoms with van der Waals surface area (Å²) in [5.74, 6) is 0.811. The molecule has 14 heteroatoms. The first-order valence-electron chi connectivity index (χ1n) is 12.3. The van der Waals surface area contributed by atoms with E-state index < -0.39 is 26.9 Å². The van der Waals surface area contributed by atoms with Crippen LogP contribution in [0.4, 0.5) is 0 Å². The summed E-state index contributed by atoms with van der Waals surface area (Å²) < 4.78 is 51.9. The largest absolute Gasteiger partial charge is 0.479 e. The maximum absolute atomic E-state index is 13.9. The molecule has 0 spiro atoms. The second-order valence-electron chi connectivity index (χ2n) is 9.35. The lowest BCUT2D eigenvalue weighted by Crippen LogP contribution is -2.32. The van der Waals surface area contributed by atoms with E-state index in [0.717, 1.165) is 5.56 Å². The van der Waals surface area contributed by atoms with E-state index in [4.69, 9.17) is 18.9 Å². The van der Waals surface area contributed by atoms with Crippen LogP contribution in [0.1, 0.15) is 62.3 Å². The Morgan fingerprint density at radius 3 is 2.26 bits per heavy atom. The Morgan fingerprint density at radius 2 is 1.71 bits per heavy atom. The van der Waals surface area contributed by atoms with Crippen molar-refractivity contribution in [3.8, 4) is 17.4 Å². The molecule has 0 amide bonds. The molecule has 0 aromatic carbocycles. The van der Waals surface area contributed by atoms with Gasteiger partial charge in [0.1, 0.15) is 24.0 Å². The molecule has 1 fully saturated rings. The van der Waals surface area contributed by atoms with Crippen molar-refractivity contribution in [1.29, 1.82) is 0 Å². The number of aryl methyl sites for hydroxylation is 1. The van der Waals surface area contributed by atoms with Gasteiger partial charge >= 0.3 is 0 Å². The number of ether oxygens (including phenoxy) is 4. The van der Waals surface area contributed by atoms with E-state index in [1.165, 1.54) is 20.5 Å². The Bertz CT molecular complexity index is 1320. The van der Waals surface area contributed by atoms with Gasteiger partial charge in [-0.15, -0.1) is 10.2 Å². The van der Waals surface area contributed by atoms with Gasteiger partial charge in [0.25, 0.3) is 0 Å². The van der Waals surface area contributed by atoms with Crippen molar-refractivity contribution < 1.29 is 27.4 Å². The fourth-order valence-corrected chi connectivity index (χ4v) is 5.60. The summed E-state index contributed by atoms with van der Waals surface area (Å²) in [5, 5.41) is 7.68. The predicted octanol–water partition coefficient (Wildman–Crippen LogP) is 2.15. The van der Waals surface area contributed by atoms with Gasteiger partial charge in [0.05, 0.1) is 32.2 Å². The highest BCUT2D eigenvalue weighted by Gasteiger charge is 2.37.